The zero-order valence-electron chi connectivity index (χ0n) is 10.8. The number of methoxy groups -OCH3 is 1. The van der Waals surface area contributed by atoms with Crippen molar-refractivity contribution in [3.8, 4) is 11.8 Å². The molecule has 0 heterocycles. The van der Waals surface area contributed by atoms with Gasteiger partial charge in [0.15, 0.2) is 5.78 Å². The Hall–Kier alpha value is -2.67. The van der Waals surface area contributed by atoms with E-state index in [2.05, 4.69) is 0 Å². The predicted octanol–water partition coefficient (Wildman–Crippen LogP) is 3.32. The first-order chi connectivity index (χ1) is 9.69. The fourth-order valence-electron chi connectivity index (χ4n) is 1.99. The molecule has 0 spiro atoms. The first-order valence-corrected chi connectivity index (χ1v) is 6.00. The molecule has 0 saturated heterocycles. The average molecular weight is 269 g/mol. The highest BCUT2D eigenvalue weighted by Gasteiger charge is 2.27. The summed E-state index contributed by atoms with van der Waals surface area (Å²) in [7, 11) is 1.36. The molecule has 0 saturated carbocycles. The van der Waals surface area contributed by atoms with Crippen LogP contribution in [0.2, 0.25) is 0 Å². The normalized spacial score (nSPS) is 11.4. The summed E-state index contributed by atoms with van der Waals surface area (Å²) in [6.45, 7) is 0. The van der Waals surface area contributed by atoms with Crippen LogP contribution in [0.25, 0.3) is 0 Å². The number of rotatable bonds is 4. The minimum atomic E-state index is -1.05. The van der Waals surface area contributed by atoms with Crippen molar-refractivity contribution in [1.29, 1.82) is 5.26 Å². The van der Waals surface area contributed by atoms with Gasteiger partial charge in [0.05, 0.1) is 18.7 Å². The summed E-state index contributed by atoms with van der Waals surface area (Å²) < 4.78 is 18.9. The molecular weight excluding hydrogens is 257 g/mol. The Kier molecular flexibility index (Phi) is 4.11. The van der Waals surface area contributed by atoms with Crippen molar-refractivity contribution in [2.24, 2.45) is 0 Å². The SMILES string of the molecule is COc1cccc(F)c1C(=O)C(C#N)c1ccccc1. The standard InChI is InChI=1S/C16H12FNO2/c1-20-14-9-5-8-13(17)15(14)16(19)12(10-18)11-6-3-2-4-7-11/h2-9,12H,1H3. The van der Waals surface area contributed by atoms with Gasteiger partial charge in [0, 0.05) is 0 Å². The Bertz CT molecular complexity index is 662. The van der Waals surface area contributed by atoms with E-state index in [1.165, 1.54) is 25.3 Å². The van der Waals surface area contributed by atoms with Gasteiger partial charge >= 0.3 is 0 Å². The van der Waals surface area contributed by atoms with E-state index in [1.807, 2.05) is 6.07 Å². The number of nitrogens with zero attached hydrogens (tertiary/aromatic N) is 1. The molecule has 20 heavy (non-hydrogen) atoms. The first-order valence-electron chi connectivity index (χ1n) is 6.00. The van der Waals surface area contributed by atoms with Gasteiger partial charge in [-0.05, 0) is 17.7 Å². The molecule has 2 aromatic carbocycles. The number of hydrogen-bond donors (Lipinski definition) is 0. The Morgan fingerprint density at radius 1 is 1.20 bits per heavy atom. The van der Waals surface area contributed by atoms with E-state index in [4.69, 9.17) is 4.74 Å². The van der Waals surface area contributed by atoms with Gasteiger partial charge in [-0.1, -0.05) is 36.4 Å². The van der Waals surface area contributed by atoms with Crippen molar-refractivity contribution in [3.05, 3.63) is 65.5 Å². The third kappa shape index (κ3) is 2.52. The summed E-state index contributed by atoms with van der Waals surface area (Å²) in [5.74, 6) is -2.22. The van der Waals surface area contributed by atoms with Crippen LogP contribution in [0.1, 0.15) is 21.8 Å². The molecule has 0 aliphatic heterocycles. The van der Waals surface area contributed by atoms with Crippen LogP contribution in [0, 0.1) is 17.1 Å². The minimum Gasteiger partial charge on any atom is -0.496 e. The lowest BCUT2D eigenvalue weighted by molar-refractivity contribution is 0.0971. The van der Waals surface area contributed by atoms with Crippen LogP contribution < -0.4 is 4.74 Å². The molecule has 2 rings (SSSR count). The molecule has 1 unspecified atom stereocenters. The molecule has 0 aromatic heterocycles. The maximum absolute atomic E-state index is 13.9. The molecule has 0 aliphatic carbocycles. The molecule has 0 amide bonds. The minimum absolute atomic E-state index is 0.131. The largest absolute Gasteiger partial charge is 0.496 e. The van der Waals surface area contributed by atoms with E-state index in [1.54, 1.807) is 30.3 Å². The highest BCUT2D eigenvalue weighted by atomic mass is 19.1. The van der Waals surface area contributed by atoms with Crippen molar-refractivity contribution in [2.75, 3.05) is 7.11 Å². The van der Waals surface area contributed by atoms with E-state index < -0.39 is 17.5 Å². The van der Waals surface area contributed by atoms with E-state index in [-0.39, 0.29) is 11.3 Å². The number of nitriles is 1. The van der Waals surface area contributed by atoms with E-state index >= 15 is 0 Å². The number of carbonyl (C=O) groups is 1. The Balaban J connectivity index is 2.48. The Morgan fingerprint density at radius 2 is 1.90 bits per heavy atom. The molecule has 1 atom stereocenters. The predicted molar refractivity (Wildman–Crippen MR) is 72.1 cm³/mol. The summed E-state index contributed by atoms with van der Waals surface area (Å²) in [5.41, 5.74) is 0.343. The summed E-state index contributed by atoms with van der Waals surface area (Å²) in [4.78, 5) is 12.4. The van der Waals surface area contributed by atoms with Crippen LogP contribution in [-0.4, -0.2) is 12.9 Å². The second-order valence-electron chi connectivity index (χ2n) is 4.15. The highest BCUT2D eigenvalue weighted by Crippen LogP contribution is 2.28. The zero-order valence-corrected chi connectivity index (χ0v) is 10.8. The van der Waals surface area contributed by atoms with Crippen molar-refractivity contribution >= 4 is 5.78 Å². The Morgan fingerprint density at radius 3 is 2.50 bits per heavy atom. The lowest BCUT2D eigenvalue weighted by Crippen LogP contribution is -2.14. The molecule has 4 heteroatoms. The molecule has 3 nitrogen and oxygen atoms in total. The second-order valence-corrected chi connectivity index (χ2v) is 4.15. The van der Waals surface area contributed by atoms with Crippen molar-refractivity contribution in [2.45, 2.75) is 5.92 Å². The fraction of sp³-hybridized carbons (Fsp3) is 0.125. The monoisotopic (exact) mass is 269 g/mol. The molecule has 0 N–H and O–H groups in total. The van der Waals surface area contributed by atoms with Crippen molar-refractivity contribution in [3.63, 3.8) is 0 Å². The van der Waals surface area contributed by atoms with Gasteiger partial charge in [0.1, 0.15) is 17.5 Å². The van der Waals surface area contributed by atoms with E-state index in [9.17, 15) is 14.4 Å². The zero-order chi connectivity index (χ0) is 14.5. The fourth-order valence-corrected chi connectivity index (χ4v) is 1.99. The van der Waals surface area contributed by atoms with E-state index in [0.717, 1.165) is 0 Å². The number of carbonyl (C=O) groups excluding carboxylic acids is 1. The van der Waals surface area contributed by atoms with Crippen LogP contribution in [0.4, 0.5) is 4.39 Å². The average Bonchev–Trinajstić information content (AvgIpc) is 2.48. The maximum Gasteiger partial charge on any atom is 0.191 e. The number of halogens is 1. The number of ketones is 1. The molecule has 0 bridgehead atoms. The van der Waals surface area contributed by atoms with Crippen LogP contribution in [-0.2, 0) is 0 Å². The van der Waals surface area contributed by atoms with Crippen molar-refractivity contribution < 1.29 is 13.9 Å². The van der Waals surface area contributed by atoms with Gasteiger partial charge < -0.3 is 4.74 Å². The first kappa shape index (κ1) is 13.8. The van der Waals surface area contributed by atoms with Gasteiger partial charge in [-0.15, -0.1) is 0 Å². The maximum atomic E-state index is 13.9. The van der Waals surface area contributed by atoms with Crippen LogP contribution in [0.3, 0.4) is 0 Å². The molecule has 0 radical (unpaired) electrons. The van der Waals surface area contributed by atoms with Crippen LogP contribution in [0.15, 0.2) is 48.5 Å². The van der Waals surface area contributed by atoms with Crippen molar-refractivity contribution in [1.82, 2.24) is 0 Å². The van der Waals surface area contributed by atoms with Gasteiger partial charge in [-0.3, -0.25) is 4.79 Å². The topological polar surface area (TPSA) is 50.1 Å². The lowest BCUT2D eigenvalue weighted by atomic mass is 9.91. The highest BCUT2D eigenvalue weighted by molar-refractivity contribution is 6.05. The van der Waals surface area contributed by atoms with Gasteiger partial charge in [0.25, 0.3) is 0 Å². The van der Waals surface area contributed by atoms with Gasteiger partial charge in [-0.2, -0.15) is 5.26 Å². The number of benzene rings is 2. The summed E-state index contributed by atoms with van der Waals surface area (Å²) in [6.07, 6.45) is 0. The molecule has 100 valence electrons. The summed E-state index contributed by atoms with van der Waals surface area (Å²) >= 11 is 0. The molecule has 0 fully saturated rings. The number of ether oxygens (including phenoxy) is 1. The summed E-state index contributed by atoms with van der Waals surface area (Å²) in [6, 6.07) is 14.6. The van der Waals surface area contributed by atoms with E-state index in [0.29, 0.717) is 5.56 Å². The smallest absolute Gasteiger partial charge is 0.191 e. The number of Topliss-reactive ketones (excluding diaryl/α,β-unsaturated/α-hetero) is 1. The summed E-state index contributed by atoms with van der Waals surface area (Å²) in [5, 5.41) is 9.23. The molecule has 0 aliphatic rings. The molecular formula is C16H12FNO2. The lowest BCUT2D eigenvalue weighted by Gasteiger charge is -2.12. The Labute approximate surface area is 116 Å². The quantitative estimate of drug-likeness (QED) is 0.800. The third-order valence-corrected chi connectivity index (χ3v) is 2.97. The van der Waals surface area contributed by atoms with Crippen LogP contribution >= 0.6 is 0 Å². The second kappa shape index (κ2) is 5.98. The third-order valence-electron chi connectivity index (χ3n) is 2.97. The van der Waals surface area contributed by atoms with Gasteiger partial charge in [0.2, 0.25) is 0 Å². The molecule has 2 aromatic rings. The number of hydrogen-bond acceptors (Lipinski definition) is 3. The van der Waals surface area contributed by atoms with Crippen LogP contribution in [0.5, 0.6) is 5.75 Å². The van der Waals surface area contributed by atoms with Gasteiger partial charge in [-0.25, -0.2) is 4.39 Å².